The molecule has 1 atom stereocenters. The van der Waals surface area contributed by atoms with Crippen LogP contribution < -0.4 is 16.6 Å². The average Bonchev–Trinajstić information content (AvgIpc) is 3.33. The van der Waals surface area contributed by atoms with E-state index in [0.29, 0.717) is 11.3 Å². The van der Waals surface area contributed by atoms with Gasteiger partial charge in [0, 0.05) is 17.3 Å². The fourth-order valence-electron chi connectivity index (χ4n) is 3.23. The van der Waals surface area contributed by atoms with Crippen LogP contribution >= 0.6 is 0 Å². The molecule has 0 spiro atoms. The van der Waals surface area contributed by atoms with Gasteiger partial charge in [-0.1, -0.05) is 6.07 Å². The lowest BCUT2D eigenvalue weighted by Gasteiger charge is -2.17. The summed E-state index contributed by atoms with van der Waals surface area (Å²) in [5.74, 6) is -0.455. The Morgan fingerprint density at radius 3 is 2.65 bits per heavy atom. The largest absolute Gasteiger partial charge is 0.423 e. The van der Waals surface area contributed by atoms with E-state index in [0.717, 1.165) is 29.3 Å². The Morgan fingerprint density at radius 1 is 1.15 bits per heavy atom. The molecule has 34 heavy (non-hydrogen) atoms. The van der Waals surface area contributed by atoms with E-state index in [1.54, 1.807) is 24.3 Å². The third kappa shape index (κ3) is 4.80. The molecule has 0 radical (unpaired) electrons. The van der Waals surface area contributed by atoms with Crippen molar-refractivity contribution in [3.63, 3.8) is 0 Å². The Balaban J connectivity index is 1.60. The number of hydrogen-bond acceptors (Lipinski definition) is 7. The van der Waals surface area contributed by atoms with Crippen molar-refractivity contribution in [1.82, 2.24) is 25.3 Å². The van der Waals surface area contributed by atoms with Gasteiger partial charge in [-0.25, -0.2) is 0 Å². The normalized spacial score (nSPS) is 12.4. The first-order valence-corrected chi connectivity index (χ1v) is 9.88. The predicted octanol–water partition coefficient (Wildman–Crippen LogP) is 3.37. The summed E-state index contributed by atoms with van der Waals surface area (Å²) in [4.78, 5) is 25.2. The molecule has 12 heteroatoms. The van der Waals surface area contributed by atoms with Crippen molar-refractivity contribution >= 4 is 11.6 Å². The van der Waals surface area contributed by atoms with Crippen molar-refractivity contribution in [1.29, 1.82) is 0 Å². The van der Waals surface area contributed by atoms with Gasteiger partial charge in [-0.15, -0.1) is 10.2 Å². The van der Waals surface area contributed by atoms with Gasteiger partial charge in [-0.05, 0) is 55.0 Å². The Morgan fingerprint density at radius 2 is 1.94 bits per heavy atom. The number of nitrogens with two attached hydrogens (primary N) is 1. The van der Waals surface area contributed by atoms with Crippen molar-refractivity contribution in [2.45, 2.75) is 19.1 Å². The van der Waals surface area contributed by atoms with Crippen LogP contribution in [0.1, 0.15) is 34.6 Å². The van der Waals surface area contributed by atoms with Crippen LogP contribution in [0, 0.1) is 0 Å². The van der Waals surface area contributed by atoms with Gasteiger partial charge in [0.15, 0.2) is 0 Å². The standard InChI is InChI=1S/C22H17F3N6O3/c1-12(14-7-15(22(23,24)25)10-16(26)8-14)28-20(33)18-5-6-19(32)31(30-18)17-4-2-3-13(9-17)21-29-27-11-34-21/h2-12H,26H2,1H3,(H,28,33)/t12-/m1/s1. The van der Waals surface area contributed by atoms with E-state index >= 15 is 0 Å². The molecule has 3 N–H and O–H groups in total. The monoisotopic (exact) mass is 470 g/mol. The average molecular weight is 470 g/mol. The van der Waals surface area contributed by atoms with Crippen LogP contribution in [0.4, 0.5) is 18.9 Å². The van der Waals surface area contributed by atoms with Crippen LogP contribution in [0.2, 0.25) is 0 Å². The molecule has 174 valence electrons. The molecule has 2 aromatic heterocycles. The maximum atomic E-state index is 13.1. The minimum Gasteiger partial charge on any atom is -0.423 e. The van der Waals surface area contributed by atoms with E-state index in [-0.39, 0.29) is 22.8 Å². The van der Waals surface area contributed by atoms with Gasteiger partial charge in [0.1, 0.15) is 5.69 Å². The first-order chi connectivity index (χ1) is 16.1. The maximum absolute atomic E-state index is 13.1. The van der Waals surface area contributed by atoms with E-state index < -0.39 is 29.2 Å². The fourth-order valence-corrected chi connectivity index (χ4v) is 3.23. The van der Waals surface area contributed by atoms with Gasteiger partial charge in [-0.2, -0.15) is 23.0 Å². The molecule has 0 saturated heterocycles. The number of nitrogens with one attached hydrogen (secondary N) is 1. The zero-order valence-electron chi connectivity index (χ0n) is 17.6. The Kier molecular flexibility index (Phi) is 5.88. The van der Waals surface area contributed by atoms with Gasteiger partial charge in [0.05, 0.1) is 17.3 Å². The lowest BCUT2D eigenvalue weighted by Crippen LogP contribution is -2.30. The minimum atomic E-state index is -4.58. The number of hydrogen-bond donors (Lipinski definition) is 2. The quantitative estimate of drug-likeness (QED) is 0.428. The highest BCUT2D eigenvalue weighted by Crippen LogP contribution is 2.32. The van der Waals surface area contributed by atoms with Crippen LogP contribution in [0.3, 0.4) is 0 Å². The maximum Gasteiger partial charge on any atom is 0.416 e. The molecule has 0 aliphatic carbocycles. The topological polar surface area (TPSA) is 129 Å². The Bertz CT molecular complexity index is 1400. The molecule has 0 aliphatic rings. The molecule has 0 unspecified atom stereocenters. The molecule has 0 fully saturated rings. The highest BCUT2D eigenvalue weighted by atomic mass is 19.4. The number of amides is 1. The number of nitrogen functional groups attached to an aromatic ring is 1. The van der Waals surface area contributed by atoms with Crippen LogP contribution in [-0.4, -0.2) is 25.9 Å². The lowest BCUT2D eigenvalue weighted by molar-refractivity contribution is -0.137. The van der Waals surface area contributed by atoms with Gasteiger partial charge >= 0.3 is 6.18 Å². The summed E-state index contributed by atoms with van der Waals surface area (Å²) in [7, 11) is 0. The first-order valence-electron chi connectivity index (χ1n) is 9.88. The lowest BCUT2D eigenvalue weighted by atomic mass is 10.0. The summed E-state index contributed by atoms with van der Waals surface area (Å²) in [6, 6.07) is 11.2. The van der Waals surface area contributed by atoms with Gasteiger partial charge in [0.2, 0.25) is 12.3 Å². The SMILES string of the molecule is C[C@@H](NC(=O)c1ccc(=O)n(-c2cccc(-c3nnco3)c2)n1)c1cc(N)cc(C(F)(F)F)c1. The van der Waals surface area contributed by atoms with Crippen molar-refractivity contribution in [3.8, 4) is 17.1 Å². The molecule has 2 aromatic carbocycles. The number of nitrogens with zero attached hydrogens (tertiary/aromatic N) is 4. The minimum absolute atomic E-state index is 0.0845. The number of aromatic nitrogens is 4. The number of carbonyl (C=O) groups is 1. The third-order valence-corrected chi connectivity index (χ3v) is 4.88. The second-order valence-electron chi connectivity index (χ2n) is 7.34. The predicted molar refractivity (Wildman–Crippen MR) is 115 cm³/mol. The van der Waals surface area contributed by atoms with E-state index in [9.17, 15) is 22.8 Å². The smallest absolute Gasteiger partial charge is 0.416 e. The molecule has 9 nitrogen and oxygen atoms in total. The van der Waals surface area contributed by atoms with E-state index in [1.165, 1.54) is 19.1 Å². The summed E-state index contributed by atoms with van der Waals surface area (Å²) >= 11 is 0. The van der Waals surface area contributed by atoms with E-state index in [4.69, 9.17) is 10.2 Å². The number of anilines is 1. The van der Waals surface area contributed by atoms with E-state index in [1.807, 2.05) is 0 Å². The second kappa shape index (κ2) is 8.81. The molecule has 4 rings (SSSR count). The number of rotatable bonds is 5. The zero-order valence-corrected chi connectivity index (χ0v) is 17.6. The Hall–Kier alpha value is -4.48. The van der Waals surface area contributed by atoms with Gasteiger partial charge in [-0.3, -0.25) is 9.59 Å². The van der Waals surface area contributed by atoms with E-state index in [2.05, 4.69) is 20.6 Å². The number of alkyl halides is 3. The van der Waals surface area contributed by atoms with Crippen molar-refractivity contribution in [2.24, 2.45) is 0 Å². The van der Waals surface area contributed by atoms with Crippen LogP contribution in [0.5, 0.6) is 0 Å². The van der Waals surface area contributed by atoms with Crippen molar-refractivity contribution in [3.05, 3.63) is 88.2 Å². The summed E-state index contributed by atoms with van der Waals surface area (Å²) in [5.41, 5.74) is 5.03. The molecule has 1 amide bonds. The molecule has 4 aromatic rings. The molecule has 0 saturated carbocycles. The number of benzene rings is 2. The second-order valence-corrected chi connectivity index (χ2v) is 7.34. The Labute approximate surface area is 190 Å². The molecular weight excluding hydrogens is 453 g/mol. The summed E-state index contributed by atoms with van der Waals surface area (Å²) in [6.07, 6.45) is -3.42. The third-order valence-electron chi connectivity index (χ3n) is 4.88. The summed E-state index contributed by atoms with van der Waals surface area (Å²) < 4.78 is 45.5. The van der Waals surface area contributed by atoms with Crippen molar-refractivity contribution in [2.75, 3.05) is 5.73 Å². The molecular formula is C22H17F3N6O3. The number of carbonyl (C=O) groups excluding carboxylic acids is 1. The van der Waals surface area contributed by atoms with Crippen molar-refractivity contribution < 1.29 is 22.4 Å². The zero-order chi connectivity index (χ0) is 24.5. The molecule has 2 heterocycles. The molecule has 0 aliphatic heterocycles. The van der Waals surface area contributed by atoms with Crippen LogP contribution in [-0.2, 0) is 6.18 Å². The van der Waals surface area contributed by atoms with Gasteiger partial charge < -0.3 is 15.5 Å². The van der Waals surface area contributed by atoms with Gasteiger partial charge in [0.25, 0.3) is 11.5 Å². The highest BCUT2D eigenvalue weighted by Gasteiger charge is 2.31. The fraction of sp³-hybridized carbons (Fsp3) is 0.136. The molecule has 0 bridgehead atoms. The summed E-state index contributed by atoms with van der Waals surface area (Å²) in [6.45, 7) is 1.51. The highest BCUT2D eigenvalue weighted by molar-refractivity contribution is 5.92. The first kappa shape index (κ1) is 22.7. The van der Waals surface area contributed by atoms with Crippen LogP contribution in [0.25, 0.3) is 17.1 Å². The summed E-state index contributed by atoms with van der Waals surface area (Å²) in [5, 5.41) is 14.1. The number of halogens is 3. The van der Waals surface area contributed by atoms with Crippen LogP contribution in [0.15, 0.2) is 70.2 Å².